The molecule has 1 unspecified atom stereocenters. The summed E-state index contributed by atoms with van der Waals surface area (Å²) in [6.45, 7) is 2.72. The van der Waals surface area contributed by atoms with Gasteiger partial charge >= 0.3 is 5.97 Å². The fraction of sp³-hybridized carbons (Fsp3) is 0.364. The molecular weight excluding hydrogens is 267 g/mol. The van der Waals surface area contributed by atoms with E-state index >= 15 is 0 Å². The summed E-state index contributed by atoms with van der Waals surface area (Å²) < 4.78 is 23.6. The minimum Gasteiger partial charge on any atom is -0.480 e. The summed E-state index contributed by atoms with van der Waals surface area (Å²) in [6, 6.07) is 4.17. The summed E-state index contributed by atoms with van der Waals surface area (Å²) in [5.74, 6) is -1.85. The number of hydrogen-bond acceptors (Lipinski definition) is 2. The number of rotatable bonds is 4. The number of halogens is 2. The van der Waals surface area contributed by atoms with Crippen LogP contribution in [0.15, 0.2) is 18.2 Å². The fourth-order valence-corrected chi connectivity index (χ4v) is 2.43. The van der Waals surface area contributed by atoms with Gasteiger partial charge in [-0.3, -0.25) is 9.00 Å². The van der Waals surface area contributed by atoms with E-state index in [9.17, 15) is 13.4 Å². The summed E-state index contributed by atoms with van der Waals surface area (Å²) in [6.07, 6.45) is 0. The third kappa shape index (κ3) is 3.04. The average molecular weight is 279 g/mol. The van der Waals surface area contributed by atoms with Gasteiger partial charge < -0.3 is 5.11 Å². The average Bonchev–Trinajstić information content (AvgIpc) is 2.24. The summed E-state index contributed by atoms with van der Waals surface area (Å²) >= 11 is 5.71. The molecular formula is C11H12ClFO3S. The van der Waals surface area contributed by atoms with Crippen LogP contribution in [0.4, 0.5) is 4.39 Å². The molecule has 0 fully saturated rings. The molecule has 1 rings (SSSR count). The van der Waals surface area contributed by atoms with Crippen LogP contribution in [0.2, 0.25) is 5.02 Å². The second-order valence-corrected chi connectivity index (χ2v) is 6.40. The van der Waals surface area contributed by atoms with Gasteiger partial charge in [0.1, 0.15) is 10.6 Å². The Bertz CT molecular complexity index is 474. The summed E-state index contributed by atoms with van der Waals surface area (Å²) in [5.41, 5.74) is 0.347. The molecule has 0 aliphatic heterocycles. The first-order valence-electron chi connectivity index (χ1n) is 4.81. The van der Waals surface area contributed by atoms with Crippen molar-refractivity contribution < 1.29 is 18.5 Å². The molecule has 1 aromatic carbocycles. The quantitative estimate of drug-likeness (QED) is 0.921. The molecule has 17 heavy (non-hydrogen) atoms. The fourth-order valence-electron chi connectivity index (χ4n) is 1.08. The third-order valence-electron chi connectivity index (χ3n) is 2.40. The highest BCUT2D eigenvalue weighted by Gasteiger charge is 2.34. The normalized spacial score (nSPS) is 13.4. The van der Waals surface area contributed by atoms with E-state index in [0.717, 1.165) is 0 Å². The molecule has 1 aromatic rings. The lowest BCUT2D eigenvalue weighted by Crippen LogP contribution is -2.37. The summed E-state index contributed by atoms with van der Waals surface area (Å²) in [4.78, 5) is 10.9. The van der Waals surface area contributed by atoms with E-state index in [0.29, 0.717) is 5.56 Å². The van der Waals surface area contributed by atoms with Gasteiger partial charge in [-0.25, -0.2) is 4.39 Å². The van der Waals surface area contributed by atoms with Gasteiger partial charge in [0, 0.05) is 10.8 Å². The Hall–Kier alpha value is -0.940. The molecule has 0 aliphatic carbocycles. The van der Waals surface area contributed by atoms with Crippen molar-refractivity contribution >= 4 is 28.4 Å². The van der Waals surface area contributed by atoms with Crippen molar-refractivity contribution in [1.29, 1.82) is 0 Å². The predicted molar refractivity (Wildman–Crippen MR) is 65.0 cm³/mol. The molecule has 1 atom stereocenters. The lowest BCUT2D eigenvalue weighted by atomic mass is 10.2. The first-order valence-corrected chi connectivity index (χ1v) is 6.51. The van der Waals surface area contributed by atoms with E-state index < -0.39 is 27.3 Å². The van der Waals surface area contributed by atoms with E-state index in [-0.39, 0.29) is 10.8 Å². The van der Waals surface area contributed by atoms with E-state index in [1.165, 1.54) is 32.0 Å². The minimum absolute atomic E-state index is 0.0874. The first kappa shape index (κ1) is 14.1. The smallest absolute Gasteiger partial charge is 0.321 e. The molecule has 3 nitrogen and oxygen atoms in total. The molecule has 0 aromatic heterocycles. The highest BCUT2D eigenvalue weighted by molar-refractivity contribution is 7.86. The van der Waals surface area contributed by atoms with Crippen molar-refractivity contribution in [3.05, 3.63) is 34.6 Å². The van der Waals surface area contributed by atoms with Gasteiger partial charge in [-0.1, -0.05) is 23.7 Å². The minimum atomic E-state index is -1.68. The lowest BCUT2D eigenvalue weighted by molar-refractivity contribution is -0.139. The number of carbonyl (C=O) groups is 1. The van der Waals surface area contributed by atoms with E-state index in [1.807, 2.05) is 0 Å². The van der Waals surface area contributed by atoms with Crippen LogP contribution in [0, 0.1) is 5.82 Å². The Labute approximate surface area is 106 Å². The molecule has 0 saturated heterocycles. The SMILES string of the molecule is CC(C)(C(=O)O)S(=O)Cc1cccc(F)c1Cl. The summed E-state index contributed by atoms with van der Waals surface area (Å²) in [7, 11) is -1.68. The zero-order chi connectivity index (χ0) is 13.2. The topological polar surface area (TPSA) is 54.4 Å². The van der Waals surface area contributed by atoms with Gasteiger partial charge in [-0.05, 0) is 25.5 Å². The third-order valence-corrected chi connectivity index (χ3v) is 4.71. The molecule has 0 radical (unpaired) electrons. The maximum Gasteiger partial charge on any atom is 0.321 e. The Morgan fingerprint density at radius 1 is 1.53 bits per heavy atom. The van der Waals surface area contributed by atoms with Gasteiger partial charge in [0.05, 0.1) is 10.8 Å². The van der Waals surface area contributed by atoms with Crippen LogP contribution in [0.3, 0.4) is 0 Å². The lowest BCUT2D eigenvalue weighted by Gasteiger charge is -2.18. The maximum atomic E-state index is 13.1. The van der Waals surface area contributed by atoms with Crippen LogP contribution in [-0.2, 0) is 21.3 Å². The molecule has 0 aliphatic rings. The van der Waals surface area contributed by atoms with E-state index in [2.05, 4.69) is 0 Å². The highest BCUT2D eigenvalue weighted by atomic mass is 35.5. The van der Waals surface area contributed by atoms with Gasteiger partial charge in [0.15, 0.2) is 0 Å². The van der Waals surface area contributed by atoms with Crippen LogP contribution < -0.4 is 0 Å². The maximum absolute atomic E-state index is 13.1. The second kappa shape index (κ2) is 5.14. The van der Waals surface area contributed by atoms with Crippen LogP contribution in [0.1, 0.15) is 19.4 Å². The number of hydrogen-bond donors (Lipinski definition) is 1. The van der Waals surface area contributed by atoms with Crippen LogP contribution in [-0.4, -0.2) is 20.0 Å². The monoisotopic (exact) mass is 278 g/mol. The Morgan fingerprint density at radius 3 is 2.65 bits per heavy atom. The first-order chi connectivity index (χ1) is 7.76. The Balaban J connectivity index is 2.97. The number of carboxylic acid groups (broad SMARTS) is 1. The molecule has 0 spiro atoms. The van der Waals surface area contributed by atoms with Crippen molar-refractivity contribution in [3.8, 4) is 0 Å². The Morgan fingerprint density at radius 2 is 2.12 bits per heavy atom. The molecule has 0 heterocycles. The number of benzene rings is 1. The molecule has 6 heteroatoms. The van der Waals surface area contributed by atoms with Crippen molar-refractivity contribution in [3.63, 3.8) is 0 Å². The van der Waals surface area contributed by atoms with Gasteiger partial charge in [-0.2, -0.15) is 0 Å². The zero-order valence-electron chi connectivity index (χ0n) is 9.37. The van der Waals surface area contributed by atoms with Gasteiger partial charge in [0.2, 0.25) is 0 Å². The van der Waals surface area contributed by atoms with E-state index in [4.69, 9.17) is 16.7 Å². The molecule has 0 bridgehead atoms. The van der Waals surface area contributed by atoms with E-state index in [1.54, 1.807) is 0 Å². The largest absolute Gasteiger partial charge is 0.480 e. The number of aliphatic carboxylic acids is 1. The van der Waals surface area contributed by atoms with Crippen LogP contribution in [0.25, 0.3) is 0 Å². The second-order valence-electron chi connectivity index (χ2n) is 4.02. The zero-order valence-corrected chi connectivity index (χ0v) is 10.9. The molecule has 0 amide bonds. The number of carboxylic acids is 1. The molecule has 1 N–H and O–H groups in total. The van der Waals surface area contributed by atoms with Crippen molar-refractivity contribution in [2.45, 2.75) is 24.3 Å². The van der Waals surface area contributed by atoms with Gasteiger partial charge in [-0.15, -0.1) is 0 Å². The standard InChI is InChI=1S/C11H12ClFO3S/c1-11(2,10(14)15)17(16)6-7-4-3-5-8(13)9(7)12/h3-5H,6H2,1-2H3,(H,14,15). The Kier molecular flexibility index (Phi) is 4.27. The highest BCUT2D eigenvalue weighted by Crippen LogP contribution is 2.24. The van der Waals surface area contributed by atoms with Crippen LogP contribution in [0.5, 0.6) is 0 Å². The summed E-state index contributed by atoms with van der Waals surface area (Å²) in [5, 5.41) is 8.80. The molecule has 0 saturated carbocycles. The van der Waals surface area contributed by atoms with Gasteiger partial charge in [0.25, 0.3) is 0 Å². The van der Waals surface area contributed by atoms with Crippen molar-refractivity contribution in [2.24, 2.45) is 0 Å². The van der Waals surface area contributed by atoms with Crippen molar-refractivity contribution in [2.75, 3.05) is 0 Å². The van der Waals surface area contributed by atoms with Crippen molar-refractivity contribution in [1.82, 2.24) is 0 Å². The predicted octanol–water partition coefficient (Wildman–Crippen LogP) is 2.59. The van der Waals surface area contributed by atoms with Crippen LogP contribution >= 0.6 is 11.6 Å². The molecule has 94 valence electrons.